The molecule has 0 spiro atoms. The van der Waals surface area contributed by atoms with E-state index >= 15 is 0 Å². The van der Waals surface area contributed by atoms with Crippen LogP contribution in [0.4, 0.5) is 0 Å². The minimum atomic E-state index is -0.321. The summed E-state index contributed by atoms with van der Waals surface area (Å²) < 4.78 is 4.72. The summed E-state index contributed by atoms with van der Waals surface area (Å²) in [5.74, 6) is 0.758. The molecule has 2 rings (SSSR count). The van der Waals surface area contributed by atoms with Crippen molar-refractivity contribution in [1.82, 2.24) is 15.5 Å². The fourth-order valence-electron chi connectivity index (χ4n) is 3.32. The van der Waals surface area contributed by atoms with E-state index in [1.807, 2.05) is 24.0 Å². The third-order valence-electron chi connectivity index (χ3n) is 4.95. The molecule has 1 aliphatic rings. The normalized spacial score (nSPS) is 14.5. The van der Waals surface area contributed by atoms with Crippen LogP contribution in [0.15, 0.2) is 29.3 Å². The molecule has 1 amide bonds. The van der Waals surface area contributed by atoms with E-state index in [9.17, 15) is 9.59 Å². The molecular formula is C22H35IN4O3. The number of hydrogen-bond acceptors (Lipinski definition) is 4. The van der Waals surface area contributed by atoms with Crippen molar-refractivity contribution in [3.05, 3.63) is 35.4 Å². The summed E-state index contributed by atoms with van der Waals surface area (Å²) in [4.78, 5) is 30.1. The maximum atomic E-state index is 12.0. The molecule has 2 N–H and O–H groups in total. The number of aliphatic imine (C=N–C) groups is 1. The highest BCUT2D eigenvalue weighted by Gasteiger charge is 2.15. The van der Waals surface area contributed by atoms with E-state index in [0.717, 1.165) is 69.8 Å². The molecule has 1 fully saturated rings. The van der Waals surface area contributed by atoms with Crippen LogP contribution in [-0.2, 0) is 16.0 Å². The van der Waals surface area contributed by atoms with Crippen molar-refractivity contribution in [3.8, 4) is 0 Å². The topological polar surface area (TPSA) is 83.0 Å². The number of methoxy groups -OCH3 is 1. The van der Waals surface area contributed by atoms with Crippen molar-refractivity contribution in [1.29, 1.82) is 0 Å². The predicted octanol–water partition coefficient (Wildman–Crippen LogP) is 2.98. The minimum absolute atomic E-state index is 0. The number of guanidine groups is 1. The van der Waals surface area contributed by atoms with Crippen LogP contribution < -0.4 is 10.6 Å². The average molecular weight is 530 g/mol. The van der Waals surface area contributed by atoms with Gasteiger partial charge in [0.05, 0.1) is 12.7 Å². The van der Waals surface area contributed by atoms with E-state index in [0.29, 0.717) is 18.5 Å². The van der Waals surface area contributed by atoms with Crippen molar-refractivity contribution in [2.75, 3.05) is 39.8 Å². The number of carbonyl (C=O) groups is 2. The molecule has 1 heterocycles. The molecule has 0 bridgehead atoms. The molecule has 7 nitrogen and oxygen atoms in total. The van der Waals surface area contributed by atoms with E-state index in [1.165, 1.54) is 7.11 Å². The maximum Gasteiger partial charge on any atom is 0.337 e. The highest BCUT2D eigenvalue weighted by Crippen LogP contribution is 2.11. The van der Waals surface area contributed by atoms with Gasteiger partial charge in [-0.1, -0.05) is 18.6 Å². The Kier molecular flexibility index (Phi) is 13.1. The zero-order valence-electron chi connectivity index (χ0n) is 18.1. The number of nitrogens with zero attached hydrogens (tertiary/aromatic N) is 2. The Hall–Kier alpha value is -1.84. The van der Waals surface area contributed by atoms with Gasteiger partial charge in [-0.2, -0.15) is 0 Å². The quantitative estimate of drug-likeness (QED) is 0.169. The molecular weight excluding hydrogens is 495 g/mol. The van der Waals surface area contributed by atoms with Crippen LogP contribution in [-0.4, -0.2) is 62.6 Å². The third-order valence-corrected chi connectivity index (χ3v) is 4.95. The largest absolute Gasteiger partial charge is 0.465 e. The Balaban J connectivity index is 0.00000450. The van der Waals surface area contributed by atoms with E-state index in [-0.39, 0.29) is 35.9 Å². The number of hydrogen-bond donors (Lipinski definition) is 2. The van der Waals surface area contributed by atoms with Crippen LogP contribution in [0, 0.1) is 0 Å². The van der Waals surface area contributed by atoms with Crippen molar-refractivity contribution in [2.45, 2.75) is 45.4 Å². The molecule has 1 aliphatic heterocycles. The Bertz CT molecular complexity index is 679. The Morgan fingerprint density at radius 3 is 2.63 bits per heavy atom. The number of ether oxygens (including phenoxy) is 1. The lowest BCUT2D eigenvalue weighted by atomic mass is 10.1. The van der Waals surface area contributed by atoms with Gasteiger partial charge in [-0.25, -0.2) is 4.79 Å². The SMILES string of the molecule is CCNC(=NCCCN1CCCCCC1=O)NCCc1ccc(C(=O)OC)cc1.I. The first-order valence-corrected chi connectivity index (χ1v) is 10.6. The van der Waals surface area contributed by atoms with Gasteiger partial charge in [0.1, 0.15) is 0 Å². The summed E-state index contributed by atoms with van der Waals surface area (Å²) in [5.41, 5.74) is 1.70. The molecule has 1 aromatic carbocycles. The molecule has 0 aliphatic carbocycles. The summed E-state index contributed by atoms with van der Waals surface area (Å²) >= 11 is 0. The molecule has 1 saturated heterocycles. The maximum absolute atomic E-state index is 12.0. The van der Waals surface area contributed by atoms with Crippen LogP contribution in [0.25, 0.3) is 0 Å². The standard InChI is InChI=1S/C22H34N4O3.HI/c1-3-23-22(24-14-7-17-26-16-6-4-5-8-20(26)27)25-15-13-18-9-11-19(12-10-18)21(28)29-2;/h9-12H,3-8,13-17H2,1-2H3,(H2,23,24,25);1H. The monoisotopic (exact) mass is 530 g/mol. The number of esters is 1. The van der Waals surface area contributed by atoms with E-state index in [1.54, 1.807) is 12.1 Å². The first-order chi connectivity index (χ1) is 14.1. The van der Waals surface area contributed by atoms with Crippen LogP contribution in [0.3, 0.4) is 0 Å². The molecule has 1 aromatic rings. The van der Waals surface area contributed by atoms with Gasteiger partial charge in [0.2, 0.25) is 5.91 Å². The van der Waals surface area contributed by atoms with Crippen molar-refractivity contribution >= 4 is 41.8 Å². The van der Waals surface area contributed by atoms with Crippen LogP contribution >= 0.6 is 24.0 Å². The van der Waals surface area contributed by atoms with Crippen molar-refractivity contribution in [2.24, 2.45) is 4.99 Å². The second kappa shape index (κ2) is 15.0. The summed E-state index contributed by atoms with van der Waals surface area (Å²) in [6.45, 7) is 5.94. The molecule has 30 heavy (non-hydrogen) atoms. The minimum Gasteiger partial charge on any atom is -0.465 e. The van der Waals surface area contributed by atoms with Crippen molar-refractivity contribution in [3.63, 3.8) is 0 Å². The average Bonchev–Trinajstić information content (AvgIpc) is 2.95. The van der Waals surface area contributed by atoms with Gasteiger partial charge in [0.25, 0.3) is 0 Å². The summed E-state index contributed by atoms with van der Waals surface area (Å²) in [7, 11) is 1.38. The van der Waals surface area contributed by atoms with E-state index in [2.05, 4.69) is 15.6 Å². The zero-order valence-corrected chi connectivity index (χ0v) is 20.4. The lowest BCUT2D eigenvalue weighted by Gasteiger charge is -2.20. The van der Waals surface area contributed by atoms with Gasteiger partial charge in [-0.15, -0.1) is 24.0 Å². The van der Waals surface area contributed by atoms with E-state index in [4.69, 9.17) is 4.74 Å². The van der Waals surface area contributed by atoms with Crippen LogP contribution in [0.1, 0.15) is 54.9 Å². The fraction of sp³-hybridized carbons (Fsp3) is 0.591. The van der Waals surface area contributed by atoms with Crippen molar-refractivity contribution < 1.29 is 14.3 Å². The summed E-state index contributed by atoms with van der Waals surface area (Å²) in [5, 5.41) is 6.60. The smallest absolute Gasteiger partial charge is 0.337 e. The number of halogens is 1. The first-order valence-electron chi connectivity index (χ1n) is 10.6. The fourth-order valence-corrected chi connectivity index (χ4v) is 3.32. The van der Waals surface area contributed by atoms with Gasteiger partial charge >= 0.3 is 5.97 Å². The number of benzene rings is 1. The van der Waals surface area contributed by atoms with Gasteiger partial charge in [0, 0.05) is 39.1 Å². The molecule has 0 unspecified atom stereocenters. The lowest BCUT2D eigenvalue weighted by Crippen LogP contribution is -2.38. The number of nitrogens with one attached hydrogen (secondary N) is 2. The van der Waals surface area contributed by atoms with E-state index < -0.39 is 0 Å². The predicted molar refractivity (Wildman–Crippen MR) is 131 cm³/mol. The second-order valence-electron chi connectivity index (χ2n) is 7.17. The van der Waals surface area contributed by atoms with Gasteiger partial charge in [0.15, 0.2) is 5.96 Å². The molecule has 0 atom stereocenters. The molecule has 0 saturated carbocycles. The highest BCUT2D eigenvalue weighted by molar-refractivity contribution is 14.0. The number of rotatable bonds is 9. The van der Waals surface area contributed by atoms with Gasteiger partial charge in [-0.3, -0.25) is 9.79 Å². The van der Waals surface area contributed by atoms with Gasteiger partial charge in [-0.05, 0) is 50.3 Å². The Labute approximate surface area is 197 Å². The number of carbonyl (C=O) groups excluding carboxylic acids is 2. The molecule has 0 radical (unpaired) electrons. The third kappa shape index (κ3) is 9.32. The zero-order chi connectivity index (χ0) is 20.9. The van der Waals surface area contributed by atoms with Crippen LogP contribution in [0.5, 0.6) is 0 Å². The van der Waals surface area contributed by atoms with Crippen LogP contribution in [0.2, 0.25) is 0 Å². The summed E-state index contributed by atoms with van der Waals surface area (Å²) in [6.07, 6.45) is 5.67. The van der Waals surface area contributed by atoms with Gasteiger partial charge < -0.3 is 20.3 Å². The Morgan fingerprint density at radius 1 is 1.17 bits per heavy atom. The second-order valence-corrected chi connectivity index (χ2v) is 7.17. The number of likely N-dealkylation sites (tertiary alicyclic amines) is 1. The lowest BCUT2D eigenvalue weighted by molar-refractivity contribution is -0.130. The highest BCUT2D eigenvalue weighted by atomic mass is 127. The molecule has 0 aromatic heterocycles. The molecule has 8 heteroatoms. The summed E-state index contributed by atoms with van der Waals surface area (Å²) in [6, 6.07) is 7.45. The number of amides is 1. The Morgan fingerprint density at radius 2 is 1.93 bits per heavy atom. The molecule has 168 valence electrons. The first kappa shape index (κ1) is 26.2.